The van der Waals surface area contributed by atoms with Crippen LogP contribution in [0.3, 0.4) is 0 Å². The number of amides is 2. The van der Waals surface area contributed by atoms with Crippen LogP contribution in [0.4, 0.5) is 4.79 Å². The number of hydrogen-bond donors (Lipinski definition) is 2. The first-order chi connectivity index (χ1) is 7.84. The molecule has 2 fully saturated rings. The van der Waals surface area contributed by atoms with E-state index in [0.29, 0.717) is 12.1 Å². The Morgan fingerprint density at radius 2 is 1.06 bits per heavy atom. The van der Waals surface area contributed by atoms with Crippen molar-refractivity contribution in [3.05, 3.63) is 0 Å². The van der Waals surface area contributed by atoms with Crippen LogP contribution in [-0.2, 0) is 0 Å². The van der Waals surface area contributed by atoms with E-state index in [0.717, 1.165) is 25.7 Å². The van der Waals surface area contributed by atoms with Crippen molar-refractivity contribution in [1.29, 1.82) is 0 Å². The van der Waals surface area contributed by atoms with E-state index in [4.69, 9.17) is 0 Å². The number of nitrogens with one attached hydrogen (secondary N) is 2. The van der Waals surface area contributed by atoms with E-state index >= 15 is 0 Å². The first-order valence-electron chi connectivity index (χ1n) is 6.91. The van der Waals surface area contributed by atoms with Gasteiger partial charge in [-0.1, -0.05) is 38.5 Å². The predicted octanol–water partition coefficient (Wildman–Crippen LogP) is 2.13. The van der Waals surface area contributed by atoms with Gasteiger partial charge in [0.1, 0.15) is 0 Å². The maximum absolute atomic E-state index is 11.8. The van der Waals surface area contributed by atoms with Gasteiger partial charge in [0, 0.05) is 12.1 Å². The zero-order chi connectivity index (χ0) is 11.2. The molecule has 0 saturated heterocycles. The minimum atomic E-state index is 0. The van der Waals surface area contributed by atoms with E-state index in [9.17, 15) is 4.79 Å². The minimum absolute atomic E-state index is 0. The van der Waals surface area contributed by atoms with Crippen molar-refractivity contribution in [3.8, 4) is 0 Å². The molecule has 0 aromatic carbocycles. The SMILES string of the molecule is O.O=C(NC1CCCCC1)NC1CCCCC1. The maximum atomic E-state index is 11.8. The summed E-state index contributed by atoms with van der Waals surface area (Å²) in [6.07, 6.45) is 12.4. The van der Waals surface area contributed by atoms with E-state index in [-0.39, 0.29) is 11.5 Å². The number of rotatable bonds is 2. The Hall–Kier alpha value is -0.770. The summed E-state index contributed by atoms with van der Waals surface area (Å²) in [7, 11) is 0. The molecule has 4 heteroatoms. The number of carbonyl (C=O) groups is 1. The average molecular weight is 242 g/mol. The van der Waals surface area contributed by atoms with E-state index < -0.39 is 0 Å². The smallest absolute Gasteiger partial charge is 0.315 e. The van der Waals surface area contributed by atoms with Crippen LogP contribution in [0, 0.1) is 0 Å². The van der Waals surface area contributed by atoms with Crippen molar-refractivity contribution in [2.24, 2.45) is 0 Å². The van der Waals surface area contributed by atoms with Gasteiger partial charge in [-0.2, -0.15) is 0 Å². The summed E-state index contributed by atoms with van der Waals surface area (Å²) in [4.78, 5) is 11.8. The Bertz CT molecular complexity index is 199. The quantitative estimate of drug-likeness (QED) is 0.765. The molecule has 2 amide bonds. The Kier molecular flexibility index (Phi) is 6.34. The molecule has 100 valence electrons. The molecule has 2 aliphatic carbocycles. The van der Waals surface area contributed by atoms with E-state index in [1.807, 2.05) is 0 Å². The van der Waals surface area contributed by atoms with Crippen LogP contribution in [0.15, 0.2) is 0 Å². The van der Waals surface area contributed by atoms with Crippen LogP contribution in [-0.4, -0.2) is 23.6 Å². The van der Waals surface area contributed by atoms with Crippen molar-refractivity contribution in [3.63, 3.8) is 0 Å². The lowest BCUT2D eigenvalue weighted by atomic mass is 9.95. The van der Waals surface area contributed by atoms with Crippen molar-refractivity contribution >= 4 is 6.03 Å². The third-order valence-electron chi connectivity index (χ3n) is 3.88. The second-order valence-electron chi connectivity index (χ2n) is 5.29. The van der Waals surface area contributed by atoms with Gasteiger partial charge >= 0.3 is 6.03 Å². The molecule has 17 heavy (non-hydrogen) atoms. The first kappa shape index (κ1) is 14.3. The Morgan fingerprint density at radius 1 is 0.706 bits per heavy atom. The van der Waals surface area contributed by atoms with Crippen LogP contribution in [0.5, 0.6) is 0 Å². The largest absolute Gasteiger partial charge is 0.412 e. The maximum Gasteiger partial charge on any atom is 0.315 e. The van der Waals surface area contributed by atoms with Crippen LogP contribution >= 0.6 is 0 Å². The van der Waals surface area contributed by atoms with Gasteiger partial charge in [-0.15, -0.1) is 0 Å². The summed E-state index contributed by atoms with van der Waals surface area (Å²) < 4.78 is 0. The highest BCUT2D eigenvalue weighted by molar-refractivity contribution is 5.74. The zero-order valence-corrected chi connectivity index (χ0v) is 10.6. The molecule has 0 aromatic heterocycles. The molecule has 0 unspecified atom stereocenters. The van der Waals surface area contributed by atoms with Gasteiger partial charge in [-0.05, 0) is 25.7 Å². The van der Waals surface area contributed by atoms with Gasteiger partial charge in [0.15, 0.2) is 0 Å². The van der Waals surface area contributed by atoms with Gasteiger partial charge in [-0.25, -0.2) is 4.79 Å². The van der Waals surface area contributed by atoms with E-state index in [1.54, 1.807) is 0 Å². The molecule has 0 spiro atoms. The lowest BCUT2D eigenvalue weighted by molar-refractivity contribution is 0.224. The minimum Gasteiger partial charge on any atom is -0.412 e. The van der Waals surface area contributed by atoms with Gasteiger partial charge < -0.3 is 16.1 Å². The van der Waals surface area contributed by atoms with Crippen LogP contribution in [0.2, 0.25) is 0 Å². The molecule has 2 rings (SSSR count). The van der Waals surface area contributed by atoms with Crippen LogP contribution in [0.25, 0.3) is 0 Å². The van der Waals surface area contributed by atoms with Gasteiger partial charge in [0.25, 0.3) is 0 Å². The fraction of sp³-hybridized carbons (Fsp3) is 0.923. The highest BCUT2D eigenvalue weighted by Gasteiger charge is 2.19. The number of urea groups is 1. The second kappa shape index (κ2) is 7.54. The summed E-state index contributed by atoms with van der Waals surface area (Å²) in [5.41, 5.74) is 0. The molecule has 4 N–H and O–H groups in total. The number of carbonyl (C=O) groups excluding carboxylic acids is 1. The third kappa shape index (κ3) is 4.94. The molecule has 0 bridgehead atoms. The van der Waals surface area contributed by atoms with Crippen molar-refractivity contribution in [2.45, 2.75) is 76.3 Å². The molecule has 2 saturated carbocycles. The Labute approximate surface area is 104 Å². The molecule has 0 radical (unpaired) electrons. The highest BCUT2D eigenvalue weighted by atomic mass is 16.2. The van der Waals surface area contributed by atoms with Gasteiger partial charge in [-0.3, -0.25) is 0 Å². The predicted molar refractivity (Wildman–Crippen MR) is 69.0 cm³/mol. The molecule has 0 heterocycles. The Morgan fingerprint density at radius 3 is 1.41 bits per heavy atom. The standard InChI is InChI=1S/C13H24N2O.H2O/c16-13(14-11-7-3-1-4-8-11)15-12-9-5-2-6-10-12;/h11-12H,1-10H2,(H2,14,15,16);1H2. The van der Waals surface area contributed by atoms with Gasteiger partial charge in [0.05, 0.1) is 0 Å². The molecule has 2 aliphatic rings. The second-order valence-corrected chi connectivity index (χ2v) is 5.29. The summed E-state index contributed by atoms with van der Waals surface area (Å²) in [5, 5.41) is 6.23. The zero-order valence-electron chi connectivity index (χ0n) is 10.6. The van der Waals surface area contributed by atoms with E-state index in [2.05, 4.69) is 10.6 Å². The van der Waals surface area contributed by atoms with Crippen molar-refractivity contribution in [2.75, 3.05) is 0 Å². The summed E-state index contributed by atoms with van der Waals surface area (Å²) in [6.45, 7) is 0. The fourth-order valence-corrected chi connectivity index (χ4v) is 2.91. The van der Waals surface area contributed by atoms with Gasteiger partial charge in [0.2, 0.25) is 0 Å². The van der Waals surface area contributed by atoms with Crippen LogP contribution in [0.1, 0.15) is 64.2 Å². The highest BCUT2D eigenvalue weighted by Crippen LogP contribution is 2.19. The van der Waals surface area contributed by atoms with E-state index in [1.165, 1.54) is 38.5 Å². The molecule has 0 aliphatic heterocycles. The van der Waals surface area contributed by atoms with Crippen molar-refractivity contribution in [1.82, 2.24) is 10.6 Å². The summed E-state index contributed by atoms with van der Waals surface area (Å²) >= 11 is 0. The fourth-order valence-electron chi connectivity index (χ4n) is 2.91. The first-order valence-corrected chi connectivity index (χ1v) is 6.91. The third-order valence-corrected chi connectivity index (χ3v) is 3.88. The van der Waals surface area contributed by atoms with Crippen molar-refractivity contribution < 1.29 is 10.3 Å². The molecule has 4 nitrogen and oxygen atoms in total. The monoisotopic (exact) mass is 242 g/mol. The average Bonchev–Trinajstić information content (AvgIpc) is 2.31. The lowest BCUT2D eigenvalue weighted by Gasteiger charge is -2.26. The molecular weight excluding hydrogens is 216 g/mol. The molecular formula is C13H26N2O2. The molecule has 0 aromatic rings. The van der Waals surface area contributed by atoms with Crippen LogP contribution < -0.4 is 10.6 Å². The topological polar surface area (TPSA) is 72.6 Å². The summed E-state index contributed by atoms with van der Waals surface area (Å²) in [5.74, 6) is 0. The summed E-state index contributed by atoms with van der Waals surface area (Å²) in [6, 6.07) is 0.925. The Balaban J connectivity index is 0.00000144. The number of hydrogen-bond acceptors (Lipinski definition) is 1. The molecule has 0 atom stereocenters. The normalized spacial score (nSPS) is 22.6. The lowest BCUT2D eigenvalue weighted by Crippen LogP contribution is -2.47.